The second kappa shape index (κ2) is 6.97. The zero-order valence-electron chi connectivity index (χ0n) is 12.3. The smallest absolute Gasteiger partial charge is 0.223 e. The molecule has 0 radical (unpaired) electrons. The van der Waals surface area contributed by atoms with E-state index in [9.17, 15) is 9.18 Å². The Morgan fingerprint density at radius 1 is 1.29 bits per heavy atom. The summed E-state index contributed by atoms with van der Waals surface area (Å²) >= 11 is 0. The van der Waals surface area contributed by atoms with Crippen LogP contribution in [0.1, 0.15) is 30.5 Å². The largest absolute Gasteiger partial charge is 0.339 e. The predicted molar refractivity (Wildman–Crippen MR) is 80.1 cm³/mol. The number of rotatable bonds is 5. The number of carbonyl (C=O) groups excluding carboxylic acids is 1. The third-order valence-electron chi connectivity index (χ3n) is 3.68. The van der Waals surface area contributed by atoms with Gasteiger partial charge >= 0.3 is 0 Å². The van der Waals surface area contributed by atoms with Crippen LogP contribution in [0.5, 0.6) is 0 Å². The average molecular weight is 286 g/mol. The molecule has 1 atom stereocenters. The van der Waals surface area contributed by atoms with E-state index >= 15 is 0 Å². The Bertz CT molecular complexity index is 583. The van der Waals surface area contributed by atoms with E-state index in [0.29, 0.717) is 12.8 Å². The van der Waals surface area contributed by atoms with Gasteiger partial charge in [-0.1, -0.05) is 18.2 Å². The second-order valence-corrected chi connectivity index (χ2v) is 5.09. The van der Waals surface area contributed by atoms with Gasteiger partial charge in [0.2, 0.25) is 5.91 Å². The van der Waals surface area contributed by atoms with Crippen molar-refractivity contribution in [3.05, 3.63) is 65.7 Å². The molecule has 1 heterocycles. The molecule has 2 aromatic rings. The molecule has 0 aliphatic heterocycles. The van der Waals surface area contributed by atoms with E-state index in [1.807, 2.05) is 19.1 Å². The third-order valence-corrected chi connectivity index (χ3v) is 3.68. The van der Waals surface area contributed by atoms with Gasteiger partial charge in [-0.2, -0.15) is 0 Å². The van der Waals surface area contributed by atoms with Crippen molar-refractivity contribution in [1.82, 2.24) is 9.88 Å². The Hall–Kier alpha value is -2.23. The minimum atomic E-state index is -0.267. The van der Waals surface area contributed by atoms with Crippen LogP contribution in [-0.2, 0) is 11.2 Å². The molecule has 2 rings (SSSR count). The molecule has 1 unspecified atom stereocenters. The van der Waals surface area contributed by atoms with Crippen LogP contribution in [0.3, 0.4) is 0 Å². The zero-order valence-corrected chi connectivity index (χ0v) is 12.3. The molecule has 3 nitrogen and oxygen atoms in total. The van der Waals surface area contributed by atoms with E-state index in [-0.39, 0.29) is 17.8 Å². The van der Waals surface area contributed by atoms with Crippen molar-refractivity contribution >= 4 is 5.91 Å². The first kappa shape index (κ1) is 15.2. The molecule has 0 saturated heterocycles. The van der Waals surface area contributed by atoms with Gasteiger partial charge in [0.1, 0.15) is 5.82 Å². The molecule has 1 aromatic heterocycles. The summed E-state index contributed by atoms with van der Waals surface area (Å²) in [6.45, 7) is 1.94. The van der Waals surface area contributed by atoms with Crippen LogP contribution in [0.25, 0.3) is 0 Å². The van der Waals surface area contributed by atoms with Gasteiger partial charge in [0.15, 0.2) is 0 Å². The number of aryl methyl sites for hydroxylation is 1. The molecule has 0 spiro atoms. The molecule has 1 aromatic carbocycles. The summed E-state index contributed by atoms with van der Waals surface area (Å²) in [5.41, 5.74) is 1.97. The standard InChI is InChI=1S/C17H19FN2O/c1-13(15-6-8-16(18)9-7-15)20(2)17(21)10-5-14-4-3-11-19-12-14/h3-4,6-9,11-13H,5,10H2,1-2H3. The van der Waals surface area contributed by atoms with Crippen molar-refractivity contribution < 1.29 is 9.18 Å². The maximum Gasteiger partial charge on any atom is 0.223 e. The molecular formula is C17H19FN2O. The third kappa shape index (κ3) is 4.12. The number of amides is 1. The van der Waals surface area contributed by atoms with Crippen LogP contribution < -0.4 is 0 Å². The van der Waals surface area contributed by atoms with Crippen LogP contribution in [0.4, 0.5) is 4.39 Å². The molecule has 0 aliphatic rings. The Balaban J connectivity index is 1.94. The number of halogens is 1. The van der Waals surface area contributed by atoms with Gasteiger partial charge in [-0.15, -0.1) is 0 Å². The molecule has 0 fully saturated rings. The monoisotopic (exact) mass is 286 g/mol. The molecule has 0 aliphatic carbocycles. The maximum atomic E-state index is 12.9. The Kier molecular flexibility index (Phi) is 5.04. The fraction of sp³-hybridized carbons (Fsp3) is 0.294. The van der Waals surface area contributed by atoms with Crippen molar-refractivity contribution in [2.45, 2.75) is 25.8 Å². The number of carbonyl (C=O) groups is 1. The van der Waals surface area contributed by atoms with Gasteiger partial charge in [-0.05, 0) is 42.7 Å². The van der Waals surface area contributed by atoms with Gasteiger partial charge in [0.25, 0.3) is 0 Å². The van der Waals surface area contributed by atoms with Gasteiger partial charge in [-0.25, -0.2) is 4.39 Å². The molecule has 0 N–H and O–H groups in total. The lowest BCUT2D eigenvalue weighted by Gasteiger charge is -2.25. The fourth-order valence-electron chi connectivity index (χ4n) is 2.15. The lowest BCUT2D eigenvalue weighted by atomic mass is 10.1. The summed E-state index contributed by atoms with van der Waals surface area (Å²) in [6, 6.07) is 10.0. The highest BCUT2D eigenvalue weighted by Gasteiger charge is 2.17. The van der Waals surface area contributed by atoms with Crippen molar-refractivity contribution in [2.75, 3.05) is 7.05 Å². The first-order valence-corrected chi connectivity index (χ1v) is 6.98. The van der Waals surface area contributed by atoms with E-state index in [2.05, 4.69) is 4.98 Å². The van der Waals surface area contributed by atoms with Gasteiger partial charge in [0, 0.05) is 25.9 Å². The minimum Gasteiger partial charge on any atom is -0.339 e. The number of pyridine rings is 1. The molecule has 21 heavy (non-hydrogen) atoms. The Morgan fingerprint density at radius 3 is 2.62 bits per heavy atom. The van der Waals surface area contributed by atoms with Gasteiger partial charge < -0.3 is 4.90 Å². The summed E-state index contributed by atoms with van der Waals surface area (Å²) in [6.07, 6.45) is 4.60. The van der Waals surface area contributed by atoms with Crippen molar-refractivity contribution in [3.63, 3.8) is 0 Å². The summed E-state index contributed by atoms with van der Waals surface area (Å²) in [5, 5.41) is 0. The number of benzene rings is 1. The van der Waals surface area contributed by atoms with E-state index in [1.165, 1.54) is 12.1 Å². The SMILES string of the molecule is CC(c1ccc(F)cc1)N(C)C(=O)CCc1cccnc1. The van der Waals surface area contributed by atoms with Gasteiger partial charge in [-0.3, -0.25) is 9.78 Å². The summed E-state index contributed by atoms with van der Waals surface area (Å²) < 4.78 is 12.9. The van der Waals surface area contributed by atoms with Crippen molar-refractivity contribution in [2.24, 2.45) is 0 Å². The normalized spacial score (nSPS) is 12.0. The first-order chi connectivity index (χ1) is 10.1. The van der Waals surface area contributed by atoms with Crippen LogP contribution in [0, 0.1) is 5.82 Å². The van der Waals surface area contributed by atoms with E-state index in [1.54, 1.807) is 36.5 Å². The zero-order chi connectivity index (χ0) is 15.2. The van der Waals surface area contributed by atoms with Crippen LogP contribution in [-0.4, -0.2) is 22.8 Å². The quantitative estimate of drug-likeness (QED) is 0.844. The molecule has 1 amide bonds. The summed E-state index contributed by atoms with van der Waals surface area (Å²) in [7, 11) is 1.78. The molecule has 110 valence electrons. The fourth-order valence-corrected chi connectivity index (χ4v) is 2.15. The lowest BCUT2D eigenvalue weighted by molar-refractivity contribution is -0.131. The molecular weight excluding hydrogens is 267 g/mol. The van der Waals surface area contributed by atoms with E-state index < -0.39 is 0 Å². The molecule has 0 bridgehead atoms. The number of hydrogen-bond acceptors (Lipinski definition) is 2. The Morgan fingerprint density at radius 2 is 2.00 bits per heavy atom. The number of nitrogens with zero attached hydrogens (tertiary/aromatic N) is 2. The highest BCUT2D eigenvalue weighted by Crippen LogP contribution is 2.20. The van der Waals surface area contributed by atoms with Crippen molar-refractivity contribution in [1.29, 1.82) is 0 Å². The summed E-state index contributed by atoms with van der Waals surface area (Å²) in [4.78, 5) is 18.0. The number of hydrogen-bond donors (Lipinski definition) is 0. The molecule has 4 heteroatoms. The van der Waals surface area contributed by atoms with Crippen LogP contribution in [0.2, 0.25) is 0 Å². The van der Waals surface area contributed by atoms with E-state index in [0.717, 1.165) is 11.1 Å². The highest BCUT2D eigenvalue weighted by molar-refractivity contribution is 5.76. The lowest BCUT2D eigenvalue weighted by Crippen LogP contribution is -2.29. The first-order valence-electron chi connectivity index (χ1n) is 6.98. The minimum absolute atomic E-state index is 0.0654. The number of aromatic nitrogens is 1. The Labute approximate surface area is 124 Å². The van der Waals surface area contributed by atoms with Crippen LogP contribution >= 0.6 is 0 Å². The van der Waals surface area contributed by atoms with Gasteiger partial charge in [0.05, 0.1) is 6.04 Å². The van der Waals surface area contributed by atoms with Crippen molar-refractivity contribution in [3.8, 4) is 0 Å². The van der Waals surface area contributed by atoms with Crippen LogP contribution in [0.15, 0.2) is 48.8 Å². The average Bonchev–Trinajstić information content (AvgIpc) is 2.53. The molecule has 0 saturated carbocycles. The predicted octanol–water partition coefficient (Wildman–Crippen LogP) is 3.37. The maximum absolute atomic E-state index is 12.9. The highest BCUT2D eigenvalue weighted by atomic mass is 19.1. The summed E-state index contributed by atoms with van der Waals surface area (Å²) in [5.74, 6) is -0.202. The second-order valence-electron chi connectivity index (χ2n) is 5.09. The van der Waals surface area contributed by atoms with E-state index in [4.69, 9.17) is 0 Å². The topological polar surface area (TPSA) is 33.2 Å².